The van der Waals surface area contributed by atoms with Gasteiger partial charge in [-0.1, -0.05) is 35.9 Å². The molecule has 0 spiro atoms. The smallest absolute Gasteiger partial charge is 0.394 e. The molecule has 128 valence electrons. The molecule has 0 heterocycles. The SMILES string of the molecule is O=C(Cc1cccc(Cl)c1)N[C@H](CO)c1ccc(C(F)(F)F)cc1. The van der Waals surface area contributed by atoms with E-state index in [-0.39, 0.29) is 12.3 Å². The molecule has 0 bridgehead atoms. The van der Waals surface area contributed by atoms with Crippen LogP contribution in [0.25, 0.3) is 0 Å². The first-order chi connectivity index (χ1) is 11.3. The number of aliphatic hydroxyl groups is 1. The largest absolute Gasteiger partial charge is 0.416 e. The molecule has 0 radical (unpaired) electrons. The summed E-state index contributed by atoms with van der Waals surface area (Å²) >= 11 is 5.85. The van der Waals surface area contributed by atoms with Crippen LogP contribution in [0.15, 0.2) is 48.5 Å². The number of hydrogen-bond acceptors (Lipinski definition) is 2. The number of benzene rings is 2. The van der Waals surface area contributed by atoms with Gasteiger partial charge in [-0.3, -0.25) is 4.79 Å². The predicted octanol–water partition coefficient (Wildman–Crippen LogP) is 3.75. The van der Waals surface area contributed by atoms with E-state index in [1.807, 2.05) is 0 Å². The van der Waals surface area contributed by atoms with Crippen molar-refractivity contribution in [3.63, 3.8) is 0 Å². The molecule has 0 fully saturated rings. The molecule has 0 aliphatic heterocycles. The van der Waals surface area contributed by atoms with E-state index < -0.39 is 24.4 Å². The molecule has 24 heavy (non-hydrogen) atoms. The fourth-order valence-electron chi connectivity index (χ4n) is 2.22. The summed E-state index contributed by atoms with van der Waals surface area (Å²) in [5.74, 6) is -0.365. The molecule has 3 nitrogen and oxygen atoms in total. The summed E-state index contributed by atoms with van der Waals surface area (Å²) in [7, 11) is 0. The monoisotopic (exact) mass is 357 g/mol. The Labute approximate surface area is 142 Å². The molecule has 0 aliphatic rings. The fraction of sp³-hybridized carbons (Fsp3) is 0.235. The highest BCUT2D eigenvalue weighted by atomic mass is 35.5. The average Bonchev–Trinajstić information content (AvgIpc) is 2.52. The van der Waals surface area contributed by atoms with Gasteiger partial charge in [0.05, 0.1) is 24.6 Å². The lowest BCUT2D eigenvalue weighted by atomic mass is 10.0. The third-order valence-electron chi connectivity index (χ3n) is 3.41. The quantitative estimate of drug-likeness (QED) is 0.856. The summed E-state index contributed by atoms with van der Waals surface area (Å²) in [5.41, 5.74) is 0.308. The number of carbonyl (C=O) groups is 1. The van der Waals surface area contributed by atoms with Crippen molar-refractivity contribution in [1.82, 2.24) is 5.32 Å². The Balaban J connectivity index is 2.04. The maximum atomic E-state index is 12.6. The predicted molar refractivity (Wildman–Crippen MR) is 84.6 cm³/mol. The second kappa shape index (κ2) is 7.68. The first kappa shape index (κ1) is 18.3. The Kier molecular flexibility index (Phi) is 5.85. The van der Waals surface area contributed by atoms with Crippen molar-refractivity contribution in [3.8, 4) is 0 Å². The van der Waals surface area contributed by atoms with Crippen LogP contribution in [0, 0.1) is 0 Å². The van der Waals surface area contributed by atoms with Crippen LogP contribution in [0.1, 0.15) is 22.7 Å². The van der Waals surface area contributed by atoms with Crippen molar-refractivity contribution in [1.29, 1.82) is 0 Å². The van der Waals surface area contributed by atoms with E-state index in [1.54, 1.807) is 24.3 Å². The van der Waals surface area contributed by atoms with E-state index in [9.17, 15) is 23.1 Å². The molecule has 0 saturated carbocycles. The van der Waals surface area contributed by atoms with E-state index in [1.165, 1.54) is 12.1 Å². The molecule has 0 aliphatic carbocycles. The minimum Gasteiger partial charge on any atom is -0.394 e. The normalized spacial score (nSPS) is 12.7. The molecule has 2 aromatic rings. The van der Waals surface area contributed by atoms with Crippen LogP contribution >= 0.6 is 11.6 Å². The van der Waals surface area contributed by atoms with E-state index >= 15 is 0 Å². The maximum Gasteiger partial charge on any atom is 0.416 e. The lowest BCUT2D eigenvalue weighted by Gasteiger charge is -2.17. The Bertz CT molecular complexity index is 702. The molecular weight excluding hydrogens is 343 g/mol. The van der Waals surface area contributed by atoms with E-state index in [0.29, 0.717) is 16.1 Å². The Morgan fingerprint density at radius 2 is 1.83 bits per heavy atom. The van der Waals surface area contributed by atoms with Crippen LogP contribution < -0.4 is 5.32 Å². The van der Waals surface area contributed by atoms with Crippen LogP contribution in [0.4, 0.5) is 13.2 Å². The Morgan fingerprint density at radius 3 is 2.38 bits per heavy atom. The van der Waals surface area contributed by atoms with Gasteiger partial charge in [-0.05, 0) is 35.4 Å². The number of rotatable bonds is 5. The summed E-state index contributed by atoms with van der Waals surface area (Å²) < 4.78 is 37.7. The molecular formula is C17H15ClF3NO2. The average molecular weight is 358 g/mol. The number of carbonyl (C=O) groups excluding carboxylic acids is 1. The van der Waals surface area contributed by atoms with Crippen molar-refractivity contribution in [2.24, 2.45) is 0 Å². The lowest BCUT2D eigenvalue weighted by Crippen LogP contribution is -2.32. The fourth-order valence-corrected chi connectivity index (χ4v) is 2.43. The highest BCUT2D eigenvalue weighted by molar-refractivity contribution is 6.30. The summed E-state index contributed by atoms with van der Waals surface area (Å²) in [6.45, 7) is -0.424. The van der Waals surface area contributed by atoms with E-state index in [0.717, 1.165) is 12.1 Å². The van der Waals surface area contributed by atoms with Gasteiger partial charge in [0.1, 0.15) is 0 Å². The summed E-state index contributed by atoms with van der Waals surface area (Å²) in [5, 5.41) is 12.5. The second-order valence-electron chi connectivity index (χ2n) is 5.23. The standard InChI is InChI=1S/C17H15ClF3NO2/c18-14-3-1-2-11(8-14)9-16(24)22-15(10-23)12-4-6-13(7-5-12)17(19,20)21/h1-8,15,23H,9-10H2,(H,22,24)/t15-/m1/s1. The second-order valence-corrected chi connectivity index (χ2v) is 5.67. The summed E-state index contributed by atoms with van der Waals surface area (Å²) in [6, 6.07) is 10.3. The Morgan fingerprint density at radius 1 is 1.17 bits per heavy atom. The molecule has 2 N–H and O–H groups in total. The Hall–Kier alpha value is -2.05. The number of hydrogen-bond donors (Lipinski definition) is 2. The molecule has 2 aromatic carbocycles. The van der Waals surface area contributed by atoms with E-state index in [4.69, 9.17) is 11.6 Å². The highest BCUT2D eigenvalue weighted by Gasteiger charge is 2.30. The van der Waals surface area contributed by atoms with Crippen LogP contribution in [0.5, 0.6) is 0 Å². The van der Waals surface area contributed by atoms with Gasteiger partial charge in [0, 0.05) is 5.02 Å². The van der Waals surface area contributed by atoms with E-state index in [2.05, 4.69) is 5.32 Å². The van der Waals surface area contributed by atoms with Crippen LogP contribution in [-0.2, 0) is 17.4 Å². The molecule has 1 amide bonds. The zero-order chi connectivity index (χ0) is 17.7. The highest BCUT2D eigenvalue weighted by Crippen LogP contribution is 2.29. The number of alkyl halides is 3. The van der Waals surface area contributed by atoms with Crippen LogP contribution in [0.3, 0.4) is 0 Å². The third-order valence-corrected chi connectivity index (χ3v) is 3.65. The van der Waals surface area contributed by atoms with Crippen molar-refractivity contribution in [3.05, 3.63) is 70.2 Å². The topological polar surface area (TPSA) is 49.3 Å². The number of amides is 1. The number of nitrogens with one attached hydrogen (secondary N) is 1. The summed E-state index contributed by atoms with van der Waals surface area (Å²) in [6.07, 6.45) is -4.37. The number of aliphatic hydroxyl groups excluding tert-OH is 1. The zero-order valence-corrected chi connectivity index (χ0v) is 13.2. The van der Waals surface area contributed by atoms with Gasteiger partial charge in [-0.2, -0.15) is 13.2 Å². The molecule has 2 rings (SSSR count). The third kappa shape index (κ3) is 4.97. The molecule has 1 atom stereocenters. The maximum absolute atomic E-state index is 12.6. The van der Waals surface area contributed by atoms with Crippen molar-refractivity contribution in [2.75, 3.05) is 6.61 Å². The zero-order valence-electron chi connectivity index (χ0n) is 12.5. The van der Waals surface area contributed by atoms with Gasteiger partial charge < -0.3 is 10.4 Å². The minimum atomic E-state index is -4.43. The van der Waals surface area contributed by atoms with Crippen LogP contribution in [-0.4, -0.2) is 17.6 Å². The first-order valence-electron chi connectivity index (χ1n) is 7.11. The summed E-state index contributed by atoms with van der Waals surface area (Å²) in [4.78, 5) is 12.0. The van der Waals surface area contributed by atoms with Gasteiger partial charge in [0.2, 0.25) is 5.91 Å². The molecule has 7 heteroatoms. The molecule has 0 aromatic heterocycles. The minimum absolute atomic E-state index is 0.0533. The van der Waals surface area contributed by atoms with Crippen molar-refractivity contribution >= 4 is 17.5 Å². The lowest BCUT2D eigenvalue weighted by molar-refractivity contribution is -0.137. The van der Waals surface area contributed by atoms with Gasteiger partial charge in [0.25, 0.3) is 0 Å². The first-order valence-corrected chi connectivity index (χ1v) is 7.49. The van der Waals surface area contributed by atoms with Gasteiger partial charge >= 0.3 is 6.18 Å². The van der Waals surface area contributed by atoms with Gasteiger partial charge in [-0.15, -0.1) is 0 Å². The molecule has 0 saturated heterocycles. The van der Waals surface area contributed by atoms with Crippen molar-refractivity contribution in [2.45, 2.75) is 18.6 Å². The van der Waals surface area contributed by atoms with Crippen molar-refractivity contribution < 1.29 is 23.1 Å². The van der Waals surface area contributed by atoms with Crippen LogP contribution in [0.2, 0.25) is 5.02 Å². The van der Waals surface area contributed by atoms with Gasteiger partial charge in [-0.25, -0.2) is 0 Å². The van der Waals surface area contributed by atoms with Gasteiger partial charge in [0.15, 0.2) is 0 Å². The number of halogens is 4. The molecule has 0 unspecified atom stereocenters.